The van der Waals surface area contributed by atoms with Crippen LogP contribution in [0.2, 0.25) is 0 Å². The second-order valence-corrected chi connectivity index (χ2v) is 18.0. The first-order chi connectivity index (χ1) is 32.5. The Morgan fingerprint density at radius 1 is 0.439 bits per heavy atom. The highest BCUT2D eigenvalue weighted by molar-refractivity contribution is 6.00. The summed E-state index contributed by atoms with van der Waals surface area (Å²) in [5, 5.41) is 1.24. The second kappa shape index (κ2) is 16.1. The van der Waals surface area contributed by atoms with Gasteiger partial charge >= 0.3 is 0 Å². The lowest BCUT2D eigenvalue weighted by Gasteiger charge is -2.31. The Labute approximate surface area is 387 Å². The first-order valence-corrected chi connectivity index (χ1v) is 23.0. The second-order valence-electron chi connectivity index (χ2n) is 18.0. The molecule has 12 rings (SSSR count). The fraction of sp³-hybridized carbons (Fsp3) is 0.0806. The molecule has 2 aromatic heterocycles. The van der Waals surface area contributed by atoms with E-state index in [0.717, 1.165) is 52.8 Å². The number of hydrogen-bond donors (Lipinski definition) is 0. The summed E-state index contributed by atoms with van der Waals surface area (Å²) in [6, 6.07) is 79.4. The number of aromatic nitrogens is 2. The maximum atomic E-state index is 4.83. The standard InChI is InChI=1S/C62H48N4/c1-62(2)57-26-14-12-24-53(57)54-35-34-50(42-58(54)62)65(48-22-10-5-11-23-48)52-39-46(45-31-36-60-56(40-45)55-25-13-15-27-59(55)66(60)61-28-16-17-37-63-61)38-51(41-52)64(47-20-8-4-9-21-47)49-32-29-44(30-33-49)43-18-6-3-7-19-43/h3-30,32-35,37-42H,31,36H2,1-2H3. The van der Waals surface area contributed by atoms with Crippen molar-refractivity contribution in [3.63, 3.8) is 0 Å². The molecule has 2 heterocycles. The summed E-state index contributed by atoms with van der Waals surface area (Å²) >= 11 is 0. The van der Waals surface area contributed by atoms with Crippen LogP contribution in [-0.4, -0.2) is 9.55 Å². The molecule has 0 saturated carbocycles. The van der Waals surface area contributed by atoms with Gasteiger partial charge in [0.25, 0.3) is 0 Å². The molecule has 0 spiro atoms. The average Bonchev–Trinajstić information content (AvgIpc) is 3.83. The van der Waals surface area contributed by atoms with Crippen LogP contribution in [0.25, 0.3) is 50.6 Å². The van der Waals surface area contributed by atoms with E-state index in [1.807, 2.05) is 12.3 Å². The molecule has 316 valence electrons. The van der Waals surface area contributed by atoms with Gasteiger partial charge in [-0.15, -0.1) is 0 Å². The fourth-order valence-electron chi connectivity index (χ4n) is 10.6. The Morgan fingerprint density at radius 2 is 1.02 bits per heavy atom. The van der Waals surface area contributed by atoms with Crippen molar-refractivity contribution in [2.75, 3.05) is 9.80 Å². The zero-order valence-corrected chi connectivity index (χ0v) is 37.1. The summed E-state index contributed by atoms with van der Waals surface area (Å²) in [7, 11) is 0. The Bertz CT molecular complexity index is 3420. The van der Waals surface area contributed by atoms with Gasteiger partial charge in [-0.2, -0.15) is 0 Å². The number of hydrogen-bond acceptors (Lipinski definition) is 3. The number of para-hydroxylation sites is 3. The van der Waals surface area contributed by atoms with Crippen LogP contribution in [0.1, 0.15) is 48.2 Å². The lowest BCUT2D eigenvalue weighted by molar-refractivity contribution is 0.660. The fourth-order valence-corrected chi connectivity index (χ4v) is 10.6. The van der Waals surface area contributed by atoms with Gasteiger partial charge in [0.2, 0.25) is 0 Å². The highest BCUT2D eigenvalue weighted by Gasteiger charge is 2.36. The number of rotatable bonds is 9. The molecule has 0 unspecified atom stereocenters. The van der Waals surface area contributed by atoms with Crippen molar-refractivity contribution in [2.24, 2.45) is 0 Å². The van der Waals surface area contributed by atoms with E-state index < -0.39 is 0 Å². The summed E-state index contributed by atoms with van der Waals surface area (Å²) < 4.78 is 2.36. The van der Waals surface area contributed by atoms with Gasteiger partial charge in [-0.05, 0) is 148 Å². The summed E-state index contributed by atoms with van der Waals surface area (Å²) in [5.74, 6) is 0.951. The normalized spacial score (nSPS) is 13.4. The molecule has 2 aliphatic rings. The van der Waals surface area contributed by atoms with E-state index in [2.05, 4.69) is 247 Å². The molecular weight excluding hydrogens is 801 g/mol. The predicted molar refractivity (Wildman–Crippen MR) is 276 cm³/mol. The number of anilines is 6. The SMILES string of the molecule is CC1(C)c2ccccc2-c2ccc(N(c3ccccc3)c3cc(C4=Cc5c(n(-c6ccccn6)c6ccccc56)CC4)cc(N(c4ccccc4)c4ccc(-c5ccccc5)cc4)c3)cc21. The molecule has 4 nitrogen and oxygen atoms in total. The minimum absolute atomic E-state index is 0.146. The molecule has 0 N–H and O–H groups in total. The van der Waals surface area contributed by atoms with Crippen LogP contribution in [0.15, 0.2) is 225 Å². The van der Waals surface area contributed by atoms with Crippen LogP contribution in [0.3, 0.4) is 0 Å². The van der Waals surface area contributed by atoms with Gasteiger partial charge in [0.1, 0.15) is 5.82 Å². The number of allylic oxidation sites excluding steroid dienone is 1. The van der Waals surface area contributed by atoms with Crippen LogP contribution in [0.5, 0.6) is 0 Å². The Kier molecular flexibility index (Phi) is 9.61. The summed E-state index contributed by atoms with van der Waals surface area (Å²) in [4.78, 5) is 9.70. The quantitative estimate of drug-likeness (QED) is 0.145. The van der Waals surface area contributed by atoms with E-state index >= 15 is 0 Å². The molecule has 0 amide bonds. The van der Waals surface area contributed by atoms with Crippen molar-refractivity contribution >= 4 is 56.7 Å². The first-order valence-electron chi connectivity index (χ1n) is 23.0. The third-order valence-electron chi connectivity index (χ3n) is 13.7. The third-order valence-corrected chi connectivity index (χ3v) is 13.7. The summed E-state index contributed by atoms with van der Waals surface area (Å²) in [6.07, 6.45) is 6.11. The van der Waals surface area contributed by atoms with Crippen LogP contribution in [-0.2, 0) is 11.8 Å². The van der Waals surface area contributed by atoms with Gasteiger partial charge in [0.05, 0.1) is 5.52 Å². The van der Waals surface area contributed by atoms with Crippen molar-refractivity contribution < 1.29 is 0 Å². The number of fused-ring (bicyclic) bond motifs is 6. The molecule has 10 aromatic rings. The topological polar surface area (TPSA) is 24.3 Å². The lowest BCUT2D eigenvalue weighted by Crippen LogP contribution is -2.17. The predicted octanol–water partition coefficient (Wildman–Crippen LogP) is 16.4. The van der Waals surface area contributed by atoms with E-state index in [-0.39, 0.29) is 5.41 Å². The summed E-state index contributed by atoms with van der Waals surface area (Å²) in [6.45, 7) is 4.73. The molecule has 0 fully saturated rings. The first kappa shape index (κ1) is 39.4. The van der Waals surface area contributed by atoms with Gasteiger partial charge in [-0.3, -0.25) is 4.57 Å². The Morgan fingerprint density at radius 3 is 1.73 bits per heavy atom. The number of pyridine rings is 1. The van der Waals surface area contributed by atoms with Crippen molar-refractivity contribution in [1.82, 2.24) is 9.55 Å². The molecule has 0 bridgehead atoms. The average molecular weight is 849 g/mol. The minimum Gasteiger partial charge on any atom is -0.310 e. The molecule has 0 saturated heterocycles. The van der Waals surface area contributed by atoms with E-state index in [0.29, 0.717) is 0 Å². The van der Waals surface area contributed by atoms with E-state index in [4.69, 9.17) is 4.98 Å². The minimum atomic E-state index is -0.146. The van der Waals surface area contributed by atoms with Crippen LogP contribution in [0.4, 0.5) is 34.1 Å². The number of nitrogens with zero attached hydrogens (tertiary/aromatic N) is 4. The van der Waals surface area contributed by atoms with Crippen molar-refractivity contribution in [3.05, 3.63) is 253 Å². The molecule has 0 aliphatic heterocycles. The maximum absolute atomic E-state index is 4.83. The largest absolute Gasteiger partial charge is 0.310 e. The summed E-state index contributed by atoms with van der Waals surface area (Å²) in [5.41, 5.74) is 20.4. The van der Waals surface area contributed by atoms with Gasteiger partial charge in [-0.1, -0.05) is 147 Å². The number of benzene rings is 8. The van der Waals surface area contributed by atoms with Crippen molar-refractivity contribution in [3.8, 4) is 28.1 Å². The highest BCUT2D eigenvalue weighted by Crippen LogP contribution is 2.51. The molecule has 0 radical (unpaired) electrons. The molecular formula is C62H48N4. The zero-order chi connectivity index (χ0) is 44.2. The van der Waals surface area contributed by atoms with Gasteiger partial charge in [-0.25, -0.2) is 4.98 Å². The van der Waals surface area contributed by atoms with Crippen LogP contribution >= 0.6 is 0 Å². The van der Waals surface area contributed by atoms with Gasteiger partial charge < -0.3 is 9.80 Å². The zero-order valence-electron chi connectivity index (χ0n) is 37.1. The highest BCUT2D eigenvalue weighted by atomic mass is 15.2. The Hall–Kier alpha value is -8.21. The molecule has 4 heteroatoms. The van der Waals surface area contributed by atoms with Crippen molar-refractivity contribution in [2.45, 2.75) is 32.1 Å². The lowest BCUT2D eigenvalue weighted by atomic mass is 9.82. The smallest absolute Gasteiger partial charge is 0.137 e. The molecule has 66 heavy (non-hydrogen) atoms. The molecule has 2 aliphatic carbocycles. The van der Waals surface area contributed by atoms with Crippen molar-refractivity contribution in [1.29, 1.82) is 0 Å². The van der Waals surface area contributed by atoms with Crippen LogP contribution in [0, 0.1) is 0 Å². The van der Waals surface area contributed by atoms with Gasteiger partial charge in [0, 0.05) is 62.4 Å². The monoisotopic (exact) mass is 848 g/mol. The third kappa shape index (κ3) is 6.73. The van der Waals surface area contributed by atoms with Crippen LogP contribution < -0.4 is 9.80 Å². The van der Waals surface area contributed by atoms with E-state index in [1.54, 1.807) is 0 Å². The molecule has 0 atom stereocenters. The molecule has 8 aromatic carbocycles. The maximum Gasteiger partial charge on any atom is 0.137 e. The van der Waals surface area contributed by atoms with E-state index in [9.17, 15) is 0 Å². The van der Waals surface area contributed by atoms with Gasteiger partial charge in [0.15, 0.2) is 0 Å². The van der Waals surface area contributed by atoms with E-state index in [1.165, 1.54) is 66.7 Å². The Balaban J connectivity index is 1.08.